The molecule has 2 aromatic carbocycles. The van der Waals surface area contributed by atoms with Gasteiger partial charge in [0.05, 0.1) is 9.75 Å². The Labute approximate surface area is 185 Å². The van der Waals surface area contributed by atoms with Crippen molar-refractivity contribution in [2.75, 3.05) is 13.1 Å². The molecule has 0 aliphatic carbocycles. The van der Waals surface area contributed by atoms with E-state index >= 15 is 0 Å². The maximum atomic E-state index is 9.75. The van der Waals surface area contributed by atoms with Crippen molar-refractivity contribution < 1.29 is 22.0 Å². The van der Waals surface area contributed by atoms with Crippen LogP contribution in [-0.2, 0) is 0 Å². The minimum atomic E-state index is -6.00. The number of hydrogen-bond acceptors (Lipinski definition) is 3. The Balaban J connectivity index is 0.000000461. The second kappa shape index (κ2) is 9.53. The van der Waals surface area contributed by atoms with Crippen LogP contribution in [0.15, 0.2) is 48.5 Å². The molecule has 1 aliphatic heterocycles. The Morgan fingerprint density at radius 3 is 2.17 bits per heavy atom. The van der Waals surface area contributed by atoms with Crippen molar-refractivity contribution in [3.63, 3.8) is 0 Å². The second-order valence-corrected chi connectivity index (χ2v) is 9.10. The van der Waals surface area contributed by atoms with E-state index < -0.39 is 7.25 Å². The van der Waals surface area contributed by atoms with E-state index in [0.29, 0.717) is 0 Å². The van der Waals surface area contributed by atoms with Gasteiger partial charge in [0.25, 0.3) is 0 Å². The third-order valence-corrected chi connectivity index (χ3v) is 7.45. The molecule has 3 aromatic rings. The lowest BCUT2D eigenvalue weighted by atomic mass is 10.0. The molecule has 1 aromatic heterocycles. The molecular weight excluding hydrogens is 457 g/mol. The van der Waals surface area contributed by atoms with Gasteiger partial charge in [0.1, 0.15) is 18.8 Å². The number of rotatable bonds is 3. The van der Waals surface area contributed by atoms with Gasteiger partial charge in [-0.2, -0.15) is 0 Å². The average molecular weight is 476 g/mol. The number of nitrogens with zero attached hydrogens (tertiary/aromatic N) is 1. The summed E-state index contributed by atoms with van der Waals surface area (Å²) in [6.45, 7) is 6.44. The van der Waals surface area contributed by atoms with Crippen LogP contribution < -0.4 is 13.3 Å². The highest BCUT2D eigenvalue weighted by molar-refractivity contribution is 7.29. The standard InChI is InChI=1S/C20H19ClNOS2.BF4/c1-3-22(4-2)20-24-18-15-7-5-6-8-16(15)23-17(19(18)25-20)13-9-11-14(21)12-10-13;2-1(3,4)5/h5-12,17H,3-4H2,1-2H3;/q+1;-1. The molecule has 0 fully saturated rings. The summed E-state index contributed by atoms with van der Waals surface area (Å²) in [4.78, 5) is 2.61. The van der Waals surface area contributed by atoms with Crippen molar-refractivity contribution in [2.24, 2.45) is 0 Å². The van der Waals surface area contributed by atoms with E-state index in [4.69, 9.17) is 16.3 Å². The predicted molar refractivity (Wildman–Crippen MR) is 118 cm³/mol. The second-order valence-electron chi connectivity index (χ2n) is 6.38. The van der Waals surface area contributed by atoms with Crippen LogP contribution in [0.3, 0.4) is 0 Å². The fraction of sp³-hybridized carbons (Fsp3) is 0.250. The van der Waals surface area contributed by atoms with Gasteiger partial charge in [0.15, 0.2) is 6.10 Å². The largest absolute Gasteiger partial charge is 0.673 e. The Morgan fingerprint density at radius 1 is 0.967 bits per heavy atom. The van der Waals surface area contributed by atoms with E-state index in [1.165, 1.54) is 19.3 Å². The fourth-order valence-electron chi connectivity index (χ4n) is 3.06. The van der Waals surface area contributed by atoms with Gasteiger partial charge in [-0.15, -0.1) is 0 Å². The molecule has 0 saturated carbocycles. The Kier molecular flexibility index (Phi) is 7.26. The zero-order valence-corrected chi connectivity index (χ0v) is 18.6. The van der Waals surface area contributed by atoms with Crippen molar-refractivity contribution in [1.29, 1.82) is 0 Å². The van der Waals surface area contributed by atoms with Crippen LogP contribution in [0.4, 0.5) is 17.3 Å². The van der Waals surface area contributed by atoms with E-state index in [1.54, 1.807) is 0 Å². The fourth-order valence-corrected chi connectivity index (χ4v) is 6.24. The van der Waals surface area contributed by atoms with Gasteiger partial charge >= 0.3 is 11.2 Å². The lowest BCUT2D eigenvalue weighted by Crippen LogP contribution is -2.25. The third kappa shape index (κ3) is 5.44. The van der Waals surface area contributed by atoms with Crippen molar-refractivity contribution in [3.05, 3.63) is 68.0 Å². The van der Waals surface area contributed by atoms with Crippen molar-refractivity contribution in [2.45, 2.75) is 20.0 Å². The lowest BCUT2D eigenvalue weighted by Gasteiger charge is -2.25. The summed E-state index contributed by atoms with van der Waals surface area (Å²) in [7, 11) is -6.00. The normalized spacial score (nSPS) is 14.7. The first-order valence-corrected chi connectivity index (χ1v) is 11.3. The Morgan fingerprint density at radius 2 is 1.57 bits per heavy atom. The van der Waals surface area contributed by atoms with Crippen LogP contribution in [-0.4, -0.2) is 20.3 Å². The maximum Gasteiger partial charge on any atom is 0.673 e. The monoisotopic (exact) mass is 475 g/mol. The minimum Gasteiger partial charge on any atom is -0.479 e. The van der Waals surface area contributed by atoms with E-state index in [2.05, 4.69) is 48.8 Å². The SMILES string of the molecule is CC[N+](CC)=c1sc2c(s1)C(c1ccc(Cl)cc1)Oc1ccccc1-2.F[B-](F)(F)F. The molecule has 30 heavy (non-hydrogen) atoms. The number of fused-ring (bicyclic) bond motifs is 3. The third-order valence-electron chi connectivity index (χ3n) is 4.42. The molecule has 0 N–H and O–H groups in total. The number of benzene rings is 2. The molecule has 0 radical (unpaired) electrons. The van der Waals surface area contributed by atoms with Gasteiger partial charge in [-0.3, -0.25) is 0 Å². The summed E-state index contributed by atoms with van der Waals surface area (Å²) in [6.07, 6.45) is -0.0762. The van der Waals surface area contributed by atoms with E-state index in [9.17, 15) is 17.3 Å². The van der Waals surface area contributed by atoms with Crippen LogP contribution in [0.2, 0.25) is 5.02 Å². The molecule has 1 aliphatic rings. The van der Waals surface area contributed by atoms with Crippen LogP contribution in [0.1, 0.15) is 30.4 Å². The molecule has 0 saturated heterocycles. The van der Waals surface area contributed by atoms with Crippen LogP contribution in [0, 0.1) is 0 Å². The van der Waals surface area contributed by atoms with Gasteiger partial charge in [-0.1, -0.05) is 58.5 Å². The van der Waals surface area contributed by atoms with Crippen LogP contribution in [0.25, 0.3) is 10.4 Å². The molecule has 2 heterocycles. The lowest BCUT2D eigenvalue weighted by molar-refractivity contribution is 0.248. The number of hydrogen-bond donors (Lipinski definition) is 0. The molecule has 2 nitrogen and oxygen atoms in total. The van der Waals surface area contributed by atoms with E-state index in [-0.39, 0.29) is 6.10 Å². The minimum absolute atomic E-state index is 0.0762. The van der Waals surface area contributed by atoms with E-state index in [1.807, 2.05) is 40.9 Å². The summed E-state index contributed by atoms with van der Waals surface area (Å²) in [5, 5.41) is 0.748. The van der Waals surface area contributed by atoms with Crippen LogP contribution >= 0.6 is 34.3 Å². The summed E-state index contributed by atoms with van der Waals surface area (Å²) < 4.78 is 49.2. The first-order chi connectivity index (χ1) is 14.2. The summed E-state index contributed by atoms with van der Waals surface area (Å²) in [5.74, 6) is 0.954. The first-order valence-electron chi connectivity index (χ1n) is 9.31. The summed E-state index contributed by atoms with van der Waals surface area (Å²) in [5.41, 5.74) is 2.34. The zero-order valence-electron chi connectivity index (χ0n) is 16.2. The zero-order chi connectivity index (χ0) is 21.9. The highest BCUT2D eigenvalue weighted by Crippen LogP contribution is 2.47. The molecule has 0 bridgehead atoms. The molecule has 1 unspecified atom stereocenters. The highest BCUT2D eigenvalue weighted by atomic mass is 35.5. The predicted octanol–water partition coefficient (Wildman–Crippen LogP) is 6.72. The Hall–Kier alpha value is -1.84. The summed E-state index contributed by atoms with van der Waals surface area (Å²) >= 11 is 9.80. The topological polar surface area (TPSA) is 12.2 Å². The van der Waals surface area contributed by atoms with Crippen molar-refractivity contribution in [3.8, 4) is 16.2 Å². The number of ether oxygens (including phenoxy) is 1. The molecule has 1 atom stereocenters. The van der Waals surface area contributed by atoms with E-state index in [0.717, 1.165) is 29.4 Å². The van der Waals surface area contributed by atoms with Crippen molar-refractivity contribution in [1.82, 2.24) is 4.58 Å². The highest BCUT2D eigenvalue weighted by Gasteiger charge is 2.31. The first kappa shape index (κ1) is 22.8. The van der Waals surface area contributed by atoms with Crippen molar-refractivity contribution >= 4 is 41.5 Å². The molecule has 0 spiro atoms. The van der Waals surface area contributed by atoms with Gasteiger partial charge in [-0.25, -0.2) is 4.58 Å². The molecule has 4 rings (SSSR count). The number of para-hydroxylation sites is 1. The average Bonchev–Trinajstić information content (AvgIpc) is 3.13. The van der Waals surface area contributed by atoms with Gasteiger partial charge in [0.2, 0.25) is 0 Å². The smallest absolute Gasteiger partial charge is 0.479 e. The van der Waals surface area contributed by atoms with Gasteiger partial charge in [0, 0.05) is 10.6 Å². The number of halogens is 5. The van der Waals surface area contributed by atoms with Gasteiger partial charge < -0.3 is 22.0 Å². The molecular formula is C20H19BClF4NOS2. The quantitative estimate of drug-likeness (QED) is 0.232. The molecule has 160 valence electrons. The van der Waals surface area contributed by atoms with Gasteiger partial charge in [-0.05, 0) is 43.7 Å². The molecule has 0 amide bonds. The van der Waals surface area contributed by atoms with Crippen LogP contribution in [0.5, 0.6) is 5.75 Å². The summed E-state index contributed by atoms with van der Waals surface area (Å²) in [6, 6.07) is 16.3. The molecule has 10 heteroatoms. The Bertz CT molecular complexity index is 1070. The maximum absolute atomic E-state index is 9.75.